The first-order valence-electron chi connectivity index (χ1n) is 6.94. The van der Waals surface area contributed by atoms with Crippen molar-refractivity contribution < 1.29 is 4.74 Å². The van der Waals surface area contributed by atoms with Crippen LogP contribution in [0.2, 0.25) is 5.15 Å². The third-order valence-electron chi connectivity index (χ3n) is 3.72. The van der Waals surface area contributed by atoms with Gasteiger partial charge in [0.1, 0.15) is 16.7 Å². The molecule has 20 heavy (non-hydrogen) atoms. The number of ether oxygens (including phenoxy) is 1. The molecule has 2 aromatic rings. The average molecular weight is 289 g/mol. The van der Waals surface area contributed by atoms with E-state index in [4.69, 9.17) is 21.3 Å². The molecule has 0 fully saturated rings. The summed E-state index contributed by atoms with van der Waals surface area (Å²) in [5, 5.41) is 0.625. The van der Waals surface area contributed by atoms with Crippen LogP contribution in [-0.2, 0) is 19.3 Å². The van der Waals surface area contributed by atoms with Crippen LogP contribution in [0.4, 0.5) is 0 Å². The predicted molar refractivity (Wildman–Crippen MR) is 79.5 cm³/mol. The minimum absolute atomic E-state index is 0.625. The first-order valence-corrected chi connectivity index (χ1v) is 7.32. The normalized spacial score (nSPS) is 13.9. The molecule has 0 N–H and O–H groups in total. The predicted octanol–water partition coefficient (Wildman–Crippen LogP) is 3.61. The molecule has 0 radical (unpaired) electrons. The van der Waals surface area contributed by atoms with E-state index >= 15 is 0 Å². The molecular weight excluding hydrogens is 272 g/mol. The molecule has 0 bridgehead atoms. The second kappa shape index (κ2) is 5.80. The Bertz CT molecular complexity index is 628. The maximum atomic E-state index is 6.30. The quantitative estimate of drug-likeness (QED) is 0.809. The van der Waals surface area contributed by atoms with Gasteiger partial charge in [0.05, 0.1) is 7.11 Å². The Morgan fingerprint density at radius 2 is 1.95 bits per heavy atom. The summed E-state index contributed by atoms with van der Waals surface area (Å²) in [5.74, 6) is 1.64. The molecule has 0 aliphatic heterocycles. The Hall–Kier alpha value is -1.61. The van der Waals surface area contributed by atoms with Gasteiger partial charge >= 0.3 is 0 Å². The van der Waals surface area contributed by atoms with Crippen LogP contribution >= 0.6 is 11.6 Å². The molecule has 0 amide bonds. The highest BCUT2D eigenvalue weighted by Gasteiger charge is 2.17. The van der Waals surface area contributed by atoms with E-state index in [9.17, 15) is 0 Å². The first kappa shape index (κ1) is 13.4. The molecule has 0 saturated carbocycles. The number of benzene rings is 1. The summed E-state index contributed by atoms with van der Waals surface area (Å²) in [4.78, 5) is 9.15. The van der Waals surface area contributed by atoms with Gasteiger partial charge in [0, 0.05) is 23.2 Å². The van der Waals surface area contributed by atoms with Gasteiger partial charge in [-0.05, 0) is 31.7 Å². The van der Waals surface area contributed by atoms with Crippen molar-refractivity contribution in [2.24, 2.45) is 0 Å². The van der Waals surface area contributed by atoms with Crippen molar-refractivity contribution >= 4 is 11.6 Å². The van der Waals surface area contributed by atoms with Crippen molar-refractivity contribution in [2.45, 2.75) is 32.1 Å². The summed E-state index contributed by atoms with van der Waals surface area (Å²) in [6.07, 6.45) is 5.03. The summed E-state index contributed by atoms with van der Waals surface area (Å²) in [5.41, 5.74) is 3.35. The van der Waals surface area contributed by atoms with Gasteiger partial charge in [-0.1, -0.05) is 29.8 Å². The maximum absolute atomic E-state index is 6.30. The fraction of sp³-hybridized carbons (Fsp3) is 0.375. The Kier molecular flexibility index (Phi) is 3.88. The van der Waals surface area contributed by atoms with Crippen molar-refractivity contribution in [1.29, 1.82) is 0 Å². The molecule has 1 aromatic carbocycles. The van der Waals surface area contributed by atoms with Gasteiger partial charge in [-0.2, -0.15) is 0 Å². The number of methoxy groups -OCH3 is 1. The number of nitrogens with zero attached hydrogens (tertiary/aromatic N) is 2. The summed E-state index contributed by atoms with van der Waals surface area (Å²) in [7, 11) is 1.68. The fourth-order valence-electron chi connectivity index (χ4n) is 2.69. The third kappa shape index (κ3) is 2.63. The standard InChI is InChI=1S/C16H17ClN2O/c1-20-14-9-5-2-6-11(14)10-15-18-13-8-4-3-7-12(13)16(17)19-15/h2,5-6,9H,3-4,7-8,10H2,1H3. The van der Waals surface area contributed by atoms with E-state index in [1.807, 2.05) is 24.3 Å². The Balaban J connectivity index is 1.93. The average Bonchev–Trinajstić information content (AvgIpc) is 2.48. The topological polar surface area (TPSA) is 35.0 Å². The van der Waals surface area contributed by atoms with Crippen molar-refractivity contribution in [2.75, 3.05) is 7.11 Å². The second-order valence-electron chi connectivity index (χ2n) is 5.05. The van der Waals surface area contributed by atoms with Gasteiger partial charge in [-0.3, -0.25) is 0 Å². The number of halogens is 1. The van der Waals surface area contributed by atoms with E-state index in [-0.39, 0.29) is 0 Å². The smallest absolute Gasteiger partial charge is 0.136 e. The van der Waals surface area contributed by atoms with Gasteiger partial charge in [0.15, 0.2) is 0 Å². The lowest BCUT2D eigenvalue weighted by Gasteiger charge is -2.16. The van der Waals surface area contributed by atoms with E-state index in [1.54, 1.807) is 7.11 Å². The largest absolute Gasteiger partial charge is 0.496 e. The first-order chi connectivity index (χ1) is 9.78. The summed E-state index contributed by atoms with van der Waals surface area (Å²) in [6, 6.07) is 7.95. The van der Waals surface area contributed by atoms with Crippen molar-refractivity contribution in [3.05, 3.63) is 52.1 Å². The van der Waals surface area contributed by atoms with Crippen LogP contribution in [-0.4, -0.2) is 17.1 Å². The molecule has 0 saturated heterocycles. The zero-order chi connectivity index (χ0) is 13.9. The highest BCUT2D eigenvalue weighted by atomic mass is 35.5. The number of aromatic nitrogens is 2. The monoisotopic (exact) mass is 288 g/mol. The van der Waals surface area contributed by atoms with Crippen LogP contribution in [0.15, 0.2) is 24.3 Å². The number of hydrogen-bond donors (Lipinski definition) is 0. The number of para-hydroxylation sites is 1. The molecule has 0 atom stereocenters. The van der Waals surface area contributed by atoms with Crippen molar-refractivity contribution in [1.82, 2.24) is 9.97 Å². The van der Waals surface area contributed by atoms with Crippen LogP contribution in [0.3, 0.4) is 0 Å². The molecule has 4 heteroatoms. The number of hydrogen-bond acceptors (Lipinski definition) is 3. The zero-order valence-electron chi connectivity index (χ0n) is 11.5. The van der Waals surface area contributed by atoms with E-state index in [0.717, 1.165) is 41.2 Å². The molecule has 1 heterocycles. The van der Waals surface area contributed by atoms with Crippen LogP contribution in [0.1, 0.15) is 35.5 Å². The van der Waals surface area contributed by atoms with Crippen molar-refractivity contribution in [3.8, 4) is 5.75 Å². The molecule has 0 spiro atoms. The Morgan fingerprint density at radius 1 is 1.15 bits per heavy atom. The summed E-state index contributed by atoms with van der Waals surface area (Å²) >= 11 is 6.30. The zero-order valence-corrected chi connectivity index (χ0v) is 12.3. The van der Waals surface area contributed by atoms with E-state index < -0.39 is 0 Å². The van der Waals surface area contributed by atoms with E-state index in [0.29, 0.717) is 11.6 Å². The van der Waals surface area contributed by atoms with E-state index in [1.165, 1.54) is 12.8 Å². The van der Waals surface area contributed by atoms with Crippen LogP contribution in [0, 0.1) is 0 Å². The highest BCUT2D eigenvalue weighted by molar-refractivity contribution is 6.30. The molecule has 0 unspecified atom stereocenters. The second-order valence-corrected chi connectivity index (χ2v) is 5.41. The number of rotatable bonds is 3. The van der Waals surface area contributed by atoms with E-state index in [2.05, 4.69) is 4.98 Å². The van der Waals surface area contributed by atoms with Crippen LogP contribution < -0.4 is 4.74 Å². The van der Waals surface area contributed by atoms with Crippen LogP contribution in [0.25, 0.3) is 0 Å². The van der Waals surface area contributed by atoms with Gasteiger partial charge in [-0.15, -0.1) is 0 Å². The lowest BCUT2D eigenvalue weighted by molar-refractivity contribution is 0.410. The lowest BCUT2D eigenvalue weighted by atomic mass is 9.97. The minimum atomic E-state index is 0.625. The minimum Gasteiger partial charge on any atom is -0.496 e. The summed E-state index contributed by atoms with van der Waals surface area (Å²) < 4.78 is 5.37. The molecule has 1 aliphatic carbocycles. The molecule has 3 nitrogen and oxygen atoms in total. The maximum Gasteiger partial charge on any atom is 0.136 e. The third-order valence-corrected chi connectivity index (χ3v) is 4.03. The number of aryl methyl sites for hydroxylation is 1. The Labute approximate surface area is 124 Å². The fourth-order valence-corrected chi connectivity index (χ4v) is 3.00. The molecule has 1 aromatic heterocycles. The van der Waals surface area contributed by atoms with Gasteiger partial charge in [0.25, 0.3) is 0 Å². The molecule has 104 valence electrons. The molecular formula is C16H17ClN2O. The van der Waals surface area contributed by atoms with Gasteiger partial charge in [-0.25, -0.2) is 9.97 Å². The molecule has 3 rings (SSSR count). The lowest BCUT2D eigenvalue weighted by Crippen LogP contribution is -2.11. The number of fused-ring (bicyclic) bond motifs is 1. The van der Waals surface area contributed by atoms with Gasteiger partial charge in [0.2, 0.25) is 0 Å². The Morgan fingerprint density at radius 3 is 2.80 bits per heavy atom. The summed E-state index contributed by atoms with van der Waals surface area (Å²) in [6.45, 7) is 0. The van der Waals surface area contributed by atoms with Crippen molar-refractivity contribution in [3.63, 3.8) is 0 Å². The van der Waals surface area contributed by atoms with Crippen LogP contribution in [0.5, 0.6) is 5.75 Å². The SMILES string of the molecule is COc1ccccc1Cc1nc(Cl)c2c(n1)CCCC2. The highest BCUT2D eigenvalue weighted by Crippen LogP contribution is 2.27. The van der Waals surface area contributed by atoms with Gasteiger partial charge < -0.3 is 4.74 Å². The molecule has 1 aliphatic rings.